The topological polar surface area (TPSA) is 59.2 Å². The molecule has 1 saturated heterocycles. The van der Waals surface area contributed by atoms with Crippen molar-refractivity contribution < 1.29 is 4.79 Å². The van der Waals surface area contributed by atoms with E-state index in [4.69, 9.17) is 5.73 Å². The smallest absolute Gasteiger partial charge is 0.273 e. The van der Waals surface area contributed by atoms with E-state index in [0.29, 0.717) is 10.8 Å². The first-order valence-corrected chi connectivity index (χ1v) is 5.62. The van der Waals surface area contributed by atoms with Crippen LogP contribution in [0.4, 0.5) is 5.13 Å². The lowest BCUT2D eigenvalue weighted by Crippen LogP contribution is -2.30. The molecule has 2 heterocycles. The standard InChI is InChI=1S/C9H11N3OS/c10-9-11-7(4-14-9)8(13)12-2-5-1-6(5)3-12/h4-6H,1-3H2,(H2,10,11). The Labute approximate surface area is 85.7 Å². The van der Waals surface area contributed by atoms with E-state index in [1.807, 2.05) is 4.90 Å². The second kappa shape index (κ2) is 2.70. The van der Waals surface area contributed by atoms with Crippen LogP contribution in [0.25, 0.3) is 0 Å². The van der Waals surface area contributed by atoms with E-state index in [-0.39, 0.29) is 5.91 Å². The van der Waals surface area contributed by atoms with Crippen LogP contribution in [-0.2, 0) is 0 Å². The fourth-order valence-electron chi connectivity index (χ4n) is 2.11. The number of piperidine rings is 1. The van der Waals surface area contributed by atoms with Gasteiger partial charge in [0.2, 0.25) is 0 Å². The maximum Gasteiger partial charge on any atom is 0.273 e. The van der Waals surface area contributed by atoms with Crippen molar-refractivity contribution in [3.63, 3.8) is 0 Å². The molecular weight excluding hydrogens is 198 g/mol. The van der Waals surface area contributed by atoms with Crippen LogP contribution in [0.2, 0.25) is 0 Å². The number of carbonyl (C=O) groups is 1. The molecule has 1 saturated carbocycles. The molecule has 1 aliphatic heterocycles. The Bertz CT molecular complexity index is 379. The van der Waals surface area contributed by atoms with Gasteiger partial charge in [0.15, 0.2) is 5.13 Å². The van der Waals surface area contributed by atoms with Gasteiger partial charge in [0.25, 0.3) is 5.91 Å². The molecule has 2 N–H and O–H groups in total. The van der Waals surface area contributed by atoms with Crippen LogP contribution in [0.1, 0.15) is 16.9 Å². The highest BCUT2D eigenvalue weighted by Gasteiger charge is 2.46. The van der Waals surface area contributed by atoms with Crippen molar-refractivity contribution in [1.82, 2.24) is 9.88 Å². The largest absolute Gasteiger partial charge is 0.375 e. The van der Waals surface area contributed by atoms with Gasteiger partial charge in [-0.3, -0.25) is 4.79 Å². The minimum absolute atomic E-state index is 0.0464. The Hall–Kier alpha value is -1.10. The minimum Gasteiger partial charge on any atom is -0.375 e. The van der Waals surface area contributed by atoms with E-state index < -0.39 is 0 Å². The van der Waals surface area contributed by atoms with Crippen molar-refractivity contribution in [1.29, 1.82) is 0 Å². The molecule has 2 atom stereocenters. The molecule has 1 aromatic rings. The second-order valence-electron chi connectivity index (χ2n) is 4.04. The molecule has 4 nitrogen and oxygen atoms in total. The molecule has 2 aliphatic rings. The summed E-state index contributed by atoms with van der Waals surface area (Å²) in [5, 5.41) is 2.21. The van der Waals surface area contributed by atoms with Gasteiger partial charge < -0.3 is 10.6 Å². The van der Waals surface area contributed by atoms with E-state index in [1.54, 1.807) is 5.38 Å². The number of fused-ring (bicyclic) bond motifs is 1. The van der Waals surface area contributed by atoms with E-state index >= 15 is 0 Å². The maximum atomic E-state index is 11.8. The summed E-state index contributed by atoms with van der Waals surface area (Å²) in [5.74, 6) is 1.59. The highest BCUT2D eigenvalue weighted by molar-refractivity contribution is 7.13. The Morgan fingerprint density at radius 1 is 1.57 bits per heavy atom. The molecule has 0 bridgehead atoms. The number of rotatable bonds is 1. The second-order valence-corrected chi connectivity index (χ2v) is 4.93. The summed E-state index contributed by atoms with van der Waals surface area (Å²) in [5.41, 5.74) is 6.00. The van der Waals surface area contributed by atoms with Gasteiger partial charge in [0.1, 0.15) is 5.69 Å². The van der Waals surface area contributed by atoms with Crippen LogP contribution >= 0.6 is 11.3 Å². The number of nitrogen functional groups attached to an aromatic ring is 1. The van der Waals surface area contributed by atoms with Crippen molar-refractivity contribution in [2.75, 3.05) is 18.8 Å². The molecule has 5 heteroatoms. The highest BCUT2D eigenvalue weighted by atomic mass is 32.1. The summed E-state index contributed by atoms with van der Waals surface area (Å²) in [7, 11) is 0. The Morgan fingerprint density at radius 2 is 2.29 bits per heavy atom. The lowest BCUT2D eigenvalue weighted by molar-refractivity contribution is 0.0770. The van der Waals surface area contributed by atoms with Crippen molar-refractivity contribution in [3.8, 4) is 0 Å². The summed E-state index contributed by atoms with van der Waals surface area (Å²) in [6.07, 6.45) is 1.31. The zero-order valence-corrected chi connectivity index (χ0v) is 8.46. The van der Waals surface area contributed by atoms with Crippen molar-refractivity contribution in [2.45, 2.75) is 6.42 Å². The summed E-state index contributed by atoms with van der Waals surface area (Å²) < 4.78 is 0. The Balaban J connectivity index is 1.76. The zero-order chi connectivity index (χ0) is 9.71. The van der Waals surface area contributed by atoms with Crippen LogP contribution in [0.5, 0.6) is 0 Å². The van der Waals surface area contributed by atoms with Gasteiger partial charge in [-0.05, 0) is 18.3 Å². The van der Waals surface area contributed by atoms with Crippen LogP contribution < -0.4 is 5.73 Å². The fourth-order valence-corrected chi connectivity index (χ4v) is 2.65. The molecule has 2 unspecified atom stereocenters. The normalized spacial score (nSPS) is 29.0. The minimum atomic E-state index is 0.0464. The van der Waals surface area contributed by atoms with Crippen LogP contribution in [0.15, 0.2) is 5.38 Å². The lowest BCUT2D eigenvalue weighted by atomic mass is 10.3. The molecule has 1 aromatic heterocycles. The molecule has 0 spiro atoms. The van der Waals surface area contributed by atoms with Gasteiger partial charge in [0, 0.05) is 18.5 Å². The van der Waals surface area contributed by atoms with E-state index in [0.717, 1.165) is 24.9 Å². The van der Waals surface area contributed by atoms with E-state index in [2.05, 4.69) is 4.98 Å². The molecule has 3 rings (SSSR count). The number of aromatic nitrogens is 1. The van der Waals surface area contributed by atoms with Crippen LogP contribution in [-0.4, -0.2) is 28.9 Å². The van der Waals surface area contributed by atoms with Gasteiger partial charge in [-0.15, -0.1) is 11.3 Å². The number of nitrogens with zero attached hydrogens (tertiary/aromatic N) is 2. The highest BCUT2D eigenvalue weighted by Crippen LogP contribution is 2.45. The molecule has 0 radical (unpaired) electrons. The number of likely N-dealkylation sites (tertiary alicyclic amines) is 1. The lowest BCUT2D eigenvalue weighted by Gasteiger charge is -2.15. The monoisotopic (exact) mass is 209 g/mol. The maximum absolute atomic E-state index is 11.8. The van der Waals surface area contributed by atoms with E-state index in [9.17, 15) is 4.79 Å². The number of carbonyl (C=O) groups excluding carboxylic acids is 1. The van der Waals surface area contributed by atoms with Gasteiger partial charge in [-0.25, -0.2) is 4.98 Å². The van der Waals surface area contributed by atoms with Crippen LogP contribution in [0, 0.1) is 11.8 Å². The first kappa shape index (κ1) is 8.23. The Kier molecular flexibility index (Phi) is 1.58. The molecule has 1 aliphatic carbocycles. The zero-order valence-electron chi connectivity index (χ0n) is 7.64. The molecular formula is C9H11N3OS. The SMILES string of the molecule is Nc1nc(C(=O)N2CC3CC3C2)cs1. The number of hydrogen-bond acceptors (Lipinski definition) is 4. The van der Waals surface area contributed by atoms with Crippen molar-refractivity contribution in [2.24, 2.45) is 11.8 Å². The fraction of sp³-hybridized carbons (Fsp3) is 0.556. The average Bonchev–Trinajstić information content (AvgIpc) is 2.64. The third-order valence-corrected chi connectivity index (χ3v) is 3.68. The molecule has 2 fully saturated rings. The first-order chi connectivity index (χ1) is 6.74. The summed E-state index contributed by atoms with van der Waals surface area (Å²) in [6.45, 7) is 1.84. The van der Waals surface area contributed by atoms with Gasteiger partial charge in [-0.2, -0.15) is 0 Å². The first-order valence-electron chi connectivity index (χ1n) is 4.74. The number of thiazole rings is 1. The number of anilines is 1. The molecule has 14 heavy (non-hydrogen) atoms. The van der Waals surface area contributed by atoms with Gasteiger partial charge >= 0.3 is 0 Å². The average molecular weight is 209 g/mol. The Morgan fingerprint density at radius 3 is 2.86 bits per heavy atom. The molecule has 1 amide bonds. The predicted molar refractivity (Wildman–Crippen MR) is 54.0 cm³/mol. The van der Waals surface area contributed by atoms with Gasteiger partial charge in [0.05, 0.1) is 0 Å². The molecule has 0 aromatic carbocycles. The third kappa shape index (κ3) is 1.19. The van der Waals surface area contributed by atoms with Crippen molar-refractivity contribution >= 4 is 22.4 Å². The third-order valence-electron chi connectivity index (χ3n) is 3.01. The predicted octanol–water partition coefficient (Wildman–Crippen LogP) is 0.817. The summed E-state index contributed by atoms with van der Waals surface area (Å²) in [4.78, 5) is 17.7. The van der Waals surface area contributed by atoms with Gasteiger partial charge in [-0.1, -0.05) is 0 Å². The van der Waals surface area contributed by atoms with Crippen molar-refractivity contribution in [3.05, 3.63) is 11.1 Å². The number of hydrogen-bond donors (Lipinski definition) is 1. The number of amides is 1. The van der Waals surface area contributed by atoms with E-state index in [1.165, 1.54) is 17.8 Å². The molecule has 74 valence electrons. The summed E-state index contributed by atoms with van der Waals surface area (Å²) in [6, 6.07) is 0. The summed E-state index contributed by atoms with van der Waals surface area (Å²) >= 11 is 1.32. The van der Waals surface area contributed by atoms with Crippen LogP contribution in [0.3, 0.4) is 0 Å². The number of nitrogens with two attached hydrogens (primary N) is 1. The quantitative estimate of drug-likeness (QED) is 0.744.